The first-order valence-electron chi connectivity index (χ1n) is 12.9. The monoisotopic (exact) mass is 547 g/mol. The molecule has 11 nitrogen and oxygen atoms in total. The van der Waals surface area contributed by atoms with Gasteiger partial charge in [-0.25, -0.2) is 9.37 Å². The lowest BCUT2D eigenvalue weighted by Gasteiger charge is -2.42. The van der Waals surface area contributed by atoms with Crippen LogP contribution in [0, 0.1) is 11.2 Å². The van der Waals surface area contributed by atoms with Gasteiger partial charge in [0.05, 0.1) is 17.9 Å². The number of pyridine rings is 1. The van der Waals surface area contributed by atoms with E-state index in [9.17, 15) is 14.0 Å². The van der Waals surface area contributed by atoms with Crippen molar-refractivity contribution in [1.82, 2.24) is 19.9 Å². The first-order valence-corrected chi connectivity index (χ1v) is 12.9. The summed E-state index contributed by atoms with van der Waals surface area (Å²) in [7, 11) is 1.66. The Morgan fingerprint density at radius 2 is 2.00 bits per heavy atom. The molecule has 1 fully saturated rings. The minimum absolute atomic E-state index is 0.00672. The molecule has 3 heterocycles. The molecule has 2 aromatic heterocycles. The van der Waals surface area contributed by atoms with Crippen LogP contribution in [-0.2, 0) is 11.8 Å². The average Bonchev–Trinajstić information content (AvgIpc) is 2.94. The highest BCUT2D eigenvalue weighted by atomic mass is 19.1. The maximum Gasteiger partial charge on any atom is 0.255 e. The molecule has 0 saturated carbocycles. The Labute approximate surface area is 231 Å². The van der Waals surface area contributed by atoms with E-state index in [4.69, 9.17) is 16.9 Å². The number of allylic oxidation sites excluding steroid dienone is 1. The number of nitrogens with two attached hydrogens (primary N) is 2. The summed E-state index contributed by atoms with van der Waals surface area (Å²) >= 11 is 0. The molecule has 1 aliphatic rings. The van der Waals surface area contributed by atoms with Gasteiger partial charge in [-0.15, -0.1) is 0 Å². The molecule has 6 N–H and O–H groups in total. The SMILES string of the molecule is C/C=C(\N)C[C@H](N)C(=O)NC(=N)c1ccc(N2CCN(c3nc(-c4ccncc4F)cc(=O)n3C)[C@H](C)C2)cc1. The molecule has 0 unspecified atom stereocenters. The van der Waals surface area contributed by atoms with Crippen LogP contribution in [0.25, 0.3) is 11.3 Å². The van der Waals surface area contributed by atoms with E-state index in [2.05, 4.69) is 20.2 Å². The molecule has 0 bridgehead atoms. The van der Waals surface area contributed by atoms with E-state index in [-0.39, 0.29) is 35.1 Å². The molecule has 4 rings (SSSR count). The van der Waals surface area contributed by atoms with Crippen LogP contribution in [0.15, 0.2) is 65.4 Å². The number of piperazine rings is 1. The van der Waals surface area contributed by atoms with Gasteiger partial charge in [-0.2, -0.15) is 0 Å². The van der Waals surface area contributed by atoms with Crippen LogP contribution in [-0.4, -0.2) is 58.0 Å². The highest BCUT2D eigenvalue weighted by Crippen LogP contribution is 2.25. The van der Waals surface area contributed by atoms with Crippen molar-refractivity contribution in [2.45, 2.75) is 32.4 Å². The van der Waals surface area contributed by atoms with Crippen LogP contribution >= 0.6 is 0 Å². The van der Waals surface area contributed by atoms with Gasteiger partial charge in [0.25, 0.3) is 5.56 Å². The molecule has 0 radical (unpaired) electrons. The quantitative estimate of drug-likeness (QED) is 0.257. The van der Waals surface area contributed by atoms with Gasteiger partial charge >= 0.3 is 0 Å². The second-order valence-electron chi connectivity index (χ2n) is 9.77. The molecule has 2 atom stereocenters. The zero-order valence-electron chi connectivity index (χ0n) is 22.8. The van der Waals surface area contributed by atoms with E-state index in [0.29, 0.717) is 36.8 Å². The van der Waals surface area contributed by atoms with Crippen molar-refractivity contribution in [1.29, 1.82) is 5.41 Å². The van der Waals surface area contributed by atoms with Crippen LogP contribution in [0.1, 0.15) is 25.8 Å². The third kappa shape index (κ3) is 6.18. The predicted octanol–water partition coefficient (Wildman–Crippen LogP) is 1.72. The summed E-state index contributed by atoms with van der Waals surface area (Å²) in [5.74, 6) is -0.575. The lowest BCUT2D eigenvalue weighted by atomic mass is 10.1. The topological polar surface area (TPSA) is 159 Å². The summed E-state index contributed by atoms with van der Waals surface area (Å²) in [6, 6.07) is 9.34. The van der Waals surface area contributed by atoms with Gasteiger partial charge in [0.1, 0.15) is 5.84 Å². The summed E-state index contributed by atoms with van der Waals surface area (Å²) in [6.45, 7) is 5.71. The third-order valence-corrected chi connectivity index (χ3v) is 6.98. The number of nitrogens with one attached hydrogen (secondary N) is 2. The van der Waals surface area contributed by atoms with Gasteiger partial charge in [0, 0.05) is 73.9 Å². The molecule has 1 amide bonds. The van der Waals surface area contributed by atoms with Crippen molar-refractivity contribution in [2.75, 3.05) is 29.4 Å². The Balaban J connectivity index is 1.44. The van der Waals surface area contributed by atoms with Gasteiger partial charge in [-0.05, 0) is 44.2 Å². The number of carbonyl (C=O) groups is 1. The number of rotatable bonds is 7. The van der Waals surface area contributed by atoms with E-state index in [1.165, 1.54) is 22.9 Å². The summed E-state index contributed by atoms with van der Waals surface area (Å²) in [5, 5.41) is 10.8. The molecule has 40 heavy (non-hydrogen) atoms. The normalized spacial score (nSPS) is 16.5. The number of amides is 1. The number of halogens is 1. The second kappa shape index (κ2) is 12.1. The molecule has 0 spiro atoms. The van der Waals surface area contributed by atoms with Gasteiger partial charge in [-0.3, -0.25) is 24.5 Å². The number of anilines is 2. The number of hydrogen-bond acceptors (Lipinski definition) is 9. The fourth-order valence-electron chi connectivity index (χ4n) is 4.59. The average molecular weight is 548 g/mol. The summed E-state index contributed by atoms with van der Waals surface area (Å²) in [5.41, 5.74) is 13.9. The van der Waals surface area contributed by atoms with Crippen molar-refractivity contribution >= 4 is 23.4 Å². The molecule has 3 aromatic rings. The second-order valence-corrected chi connectivity index (χ2v) is 9.77. The van der Waals surface area contributed by atoms with Crippen molar-refractivity contribution < 1.29 is 9.18 Å². The van der Waals surface area contributed by atoms with Crippen LogP contribution in [0.3, 0.4) is 0 Å². The number of carbonyl (C=O) groups excluding carboxylic acids is 1. The minimum Gasteiger partial charge on any atom is -0.402 e. The maximum atomic E-state index is 14.4. The van der Waals surface area contributed by atoms with Crippen LogP contribution in [0.2, 0.25) is 0 Å². The lowest BCUT2D eigenvalue weighted by Crippen LogP contribution is -2.53. The zero-order chi connectivity index (χ0) is 29.0. The third-order valence-electron chi connectivity index (χ3n) is 6.98. The summed E-state index contributed by atoms with van der Waals surface area (Å²) in [4.78, 5) is 37.7. The molecule has 210 valence electrons. The van der Waals surface area contributed by atoms with Gasteiger partial charge in [-0.1, -0.05) is 6.08 Å². The van der Waals surface area contributed by atoms with Crippen molar-refractivity contribution in [3.63, 3.8) is 0 Å². The molecule has 1 aliphatic heterocycles. The van der Waals surface area contributed by atoms with Crippen molar-refractivity contribution in [3.05, 3.63) is 82.3 Å². The Kier molecular flexibility index (Phi) is 8.58. The van der Waals surface area contributed by atoms with Crippen LogP contribution in [0.4, 0.5) is 16.0 Å². The molecule has 1 aromatic carbocycles. The number of hydrogen-bond donors (Lipinski definition) is 4. The fraction of sp³-hybridized carbons (Fsp3) is 0.321. The molecular formula is C28H34FN9O2. The van der Waals surface area contributed by atoms with E-state index in [1.807, 2.05) is 24.0 Å². The molecule has 0 aliphatic carbocycles. The Morgan fingerprint density at radius 1 is 1.27 bits per heavy atom. The number of amidine groups is 1. The van der Waals surface area contributed by atoms with Crippen molar-refractivity contribution in [3.8, 4) is 11.3 Å². The fourth-order valence-corrected chi connectivity index (χ4v) is 4.59. The standard InChI is InChI=1S/C28H34FN9O2/c1-4-19(30)13-23(31)27(40)35-26(32)18-5-7-20(8-6-18)37-11-12-38(17(2)16-37)28-34-24(14-25(39)36(28)3)21-9-10-33-15-22(21)29/h4-10,14-15,17,23H,11-13,16,30-31H2,1-3H3,(H2,32,35,40)/b19-4-/t17-,23+/m1/s1. The summed E-state index contributed by atoms with van der Waals surface area (Å²) in [6.07, 6.45) is 4.48. The van der Waals surface area contributed by atoms with Crippen LogP contribution < -0.4 is 32.1 Å². The molecule has 12 heteroatoms. The smallest absolute Gasteiger partial charge is 0.255 e. The number of aromatic nitrogens is 3. The number of nitrogens with zero attached hydrogens (tertiary/aromatic N) is 5. The lowest BCUT2D eigenvalue weighted by molar-refractivity contribution is -0.120. The number of benzene rings is 1. The zero-order valence-corrected chi connectivity index (χ0v) is 22.8. The molecule has 1 saturated heterocycles. The highest BCUT2D eigenvalue weighted by Gasteiger charge is 2.27. The Hall–Kier alpha value is -4.58. The Morgan fingerprint density at radius 3 is 2.65 bits per heavy atom. The van der Waals surface area contributed by atoms with Gasteiger partial charge < -0.3 is 26.6 Å². The highest BCUT2D eigenvalue weighted by molar-refractivity contribution is 6.07. The first kappa shape index (κ1) is 28.4. The van der Waals surface area contributed by atoms with E-state index in [1.54, 1.807) is 32.2 Å². The maximum absolute atomic E-state index is 14.4. The van der Waals surface area contributed by atoms with Crippen LogP contribution in [0.5, 0.6) is 0 Å². The Bertz CT molecular complexity index is 1490. The molecular weight excluding hydrogens is 513 g/mol. The van der Waals surface area contributed by atoms with Gasteiger partial charge in [0.15, 0.2) is 5.82 Å². The minimum atomic E-state index is -0.841. The first-order chi connectivity index (χ1) is 19.1. The van der Waals surface area contributed by atoms with E-state index < -0.39 is 17.8 Å². The van der Waals surface area contributed by atoms with Crippen molar-refractivity contribution in [2.24, 2.45) is 18.5 Å². The van der Waals surface area contributed by atoms with Gasteiger partial charge in [0.2, 0.25) is 11.9 Å². The van der Waals surface area contributed by atoms with E-state index >= 15 is 0 Å². The van der Waals surface area contributed by atoms with E-state index in [0.717, 1.165) is 11.9 Å². The summed E-state index contributed by atoms with van der Waals surface area (Å²) < 4.78 is 15.8. The largest absolute Gasteiger partial charge is 0.402 e. The predicted molar refractivity (Wildman–Crippen MR) is 154 cm³/mol.